The highest BCUT2D eigenvalue weighted by molar-refractivity contribution is 5.93. The van der Waals surface area contributed by atoms with Crippen molar-refractivity contribution in [2.24, 2.45) is 0 Å². The second-order valence-electron chi connectivity index (χ2n) is 4.59. The molecule has 1 aromatic carbocycles. The van der Waals surface area contributed by atoms with E-state index in [2.05, 4.69) is 20.3 Å². The maximum atomic E-state index is 11.9. The molecule has 20 heavy (non-hydrogen) atoms. The van der Waals surface area contributed by atoms with E-state index in [1.54, 1.807) is 24.5 Å². The quantitative estimate of drug-likeness (QED) is 0.763. The van der Waals surface area contributed by atoms with Crippen molar-refractivity contribution in [3.05, 3.63) is 59.7 Å². The number of carbonyl (C=O) groups excluding carboxylic acids is 1. The van der Waals surface area contributed by atoms with Gasteiger partial charge in [0, 0.05) is 24.5 Å². The number of aryl methyl sites for hydroxylation is 1. The molecule has 100 valence electrons. The molecule has 0 fully saturated rings. The van der Waals surface area contributed by atoms with Crippen LogP contribution < -0.4 is 5.32 Å². The zero-order valence-corrected chi connectivity index (χ0v) is 11.1. The molecule has 0 bridgehead atoms. The van der Waals surface area contributed by atoms with Gasteiger partial charge in [0.25, 0.3) is 5.91 Å². The Kier molecular flexibility index (Phi) is 3.16. The third-order valence-corrected chi connectivity index (χ3v) is 3.06. The van der Waals surface area contributed by atoms with Gasteiger partial charge in [0.1, 0.15) is 5.82 Å². The van der Waals surface area contributed by atoms with Crippen LogP contribution in [-0.2, 0) is 6.54 Å². The molecule has 0 aliphatic rings. The summed E-state index contributed by atoms with van der Waals surface area (Å²) in [5.74, 6) is 0.784. The number of amides is 1. The average Bonchev–Trinajstić information content (AvgIpc) is 2.85. The first-order valence-electron chi connectivity index (χ1n) is 6.36. The van der Waals surface area contributed by atoms with Crippen LogP contribution in [0.15, 0.2) is 42.7 Å². The van der Waals surface area contributed by atoms with Gasteiger partial charge in [0.2, 0.25) is 0 Å². The Morgan fingerprint density at radius 3 is 2.85 bits per heavy atom. The molecule has 0 unspecified atom stereocenters. The van der Waals surface area contributed by atoms with Crippen molar-refractivity contribution in [1.82, 2.24) is 20.3 Å². The summed E-state index contributed by atoms with van der Waals surface area (Å²) < 4.78 is 0. The van der Waals surface area contributed by atoms with Crippen LogP contribution in [0.1, 0.15) is 21.7 Å². The van der Waals surface area contributed by atoms with E-state index in [1.807, 2.05) is 25.1 Å². The van der Waals surface area contributed by atoms with E-state index in [4.69, 9.17) is 0 Å². The SMILES string of the molecule is Cc1nc2ccc(CNC(=O)c3ccncc3)cc2[nH]1. The number of aromatic amines is 1. The molecule has 0 aliphatic carbocycles. The highest BCUT2D eigenvalue weighted by Crippen LogP contribution is 2.13. The molecule has 0 aliphatic heterocycles. The molecule has 5 heteroatoms. The molecule has 0 radical (unpaired) electrons. The standard InChI is InChI=1S/C15H14N4O/c1-10-18-13-3-2-11(8-14(13)19-10)9-17-15(20)12-4-6-16-7-5-12/h2-8H,9H2,1H3,(H,17,20)(H,18,19). The molecule has 2 N–H and O–H groups in total. The van der Waals surface area contributed by atoms with Gasteiger partial charge in [-0.2, -0.15) is 0 Å². The van der Waals surface area contributed by atoms with E-state index in [1.165, 1.54) is 0 Å². The van der Waals surface area contributed by atoms with Gasteiger partial charge >= 0.3 is 0 Å². The first kappa shape index (κ1) is 12.3. The first-order chi connectivity index (χ1) is 9.72. The first-order valence-corrected chi connectivity index (χ1v) is 6.36. The lowest BCUT2D eigenvalue weighted by molar-refractivity contribution is 0.0951. The number of fused-ring (bicyclic) bond motifs is 1. The molecule has 3 aromatic rings. The Bertz CT molecular complexity index is 749. The molecule has 2 aromatic heterocycles. The summed E-state index contributed by atoms with van der Waals surface area (Å²) in [6, 6.07) is 9.30. The predicted molar refractivity (Wildman–Crippen MR) is 76.2 cm³/mol. The molecule has 2 heterocycles. The lowest BCUT2D eigenvalue weighted by Crippen LogP contribution is -2.22. The average molecular weight is 266 g/mol. The van der Waals surface area contributed by atoms with Crippen LogP contribution in [-0.4, -0.2) is 20.9 Å². The van der Waals surface area contributed by atoms with E-state index in [0.29, 0.717) is 12.1 Å². The highest BCUT2D eigenvalue weighted by Gasteiger charge is 2.05. The Balaban J connectivity index is 1.72. The molecular formula is C15H14N4O. The fourth-order valence-corrected chi connectivity index (χ4v) is 2.08. The lowest BCUT2D eigenvalue weighted by atomic mass is 10.2. The zero-order chi connectivity index (χ0) is 13.9. The van der Waals surface area contributed by atoms with Crippen LogP contribution in [0.4, 0.5) is 0 Å². The van der Waals surface area contributed by atoms with E-state index in [-0.39, 0.29) is 5.91 Å². The zero-order valence-electron chi connectivity index (χ0n) is 11.1. The third-order valence-electron chi connectivity index (χ3n) is 3.06. The van der Waals surface area contributed by atoms with Crippen LogP contribution >= 0.6 is 0 Å². The Morgan fingerprint density at radius 1 is 1.25 bits per heavy atom. The van der Waals surface area contributed by atoms with Crippen molar-refractivity contribution >= 4 is 16.9 Å². The largest absolute Gasteiger partial charge is 0.348 e. The number of H-pyrrole nitrogens is 1. The van der Waals surface area contributed by atoms with Gasteiger partial charge in [0.05, 0.1) is 11.0 Å². The van der Waals surface area contributed by atoms with Gasteiger partial charge in [-0.1, -0.05) is 6.07 Å². The van der Waals surface area contributed by atoms with Gasteiger partial charge in [-0.3, -0.25) is 9.78 Å². The Hall–Kier alpha value is -2.69. The monoisotopic (exact) mass is 266 g/mol. The van der Waals surface area contributed by atoms with Crippen molar-refractivity contribution in [3.8, 4) is 0 Å². The Labute approximate surface area is 116 Å². The highest BCUT2D eigenvalue weighted by atomic mass is 16.1. The summed E-state index contributed by atoms with van der Waals surface area (Å²) >= 11 is 0. The number of hydrogen-bond acceptors (Lipinski definition) is 3. The minimum Gasteiger partial charge on any atom is -0.348 e. The molecule has 1 amide bonds. The summed E-state index contributed by atoms with van der Waals surface area (Å²) in [5, 5.41) is 2.89. The number of imidazole rings is 1. The van der Waals surface area contributed by atoms with E-state index in [0.717, 1.165) is 22.4 Å². The number of nitrogens with one attached hydrogen (secondary N) is 2. The number of benzene rings is 1. The minimum absolute atomic E-state index is 0.103. The van der Waals surface area contributed by atoms with Crippen LogP contribution in [0.25, 0.3) is 11.0 Å². The minimum atomic E-state index is -0.103. The topological polar surface area (TPSA) is 70.7 Å². The number of hydrogen-bond donors (Lipinski definition) is 2. The molecule has 0 spiro atoms. The maximum absolute atomic E-state index is 11.9. The molecule has 0 atom stereocenters. The number of aromatic nitrogens is 3. The van der Waals surface area contributed by atoms with Crippen molar-refractivity contribution in [1.29, 1.82) is 0 Å². The second-order valence-corrected chi connectivity index (χ2v) is 4.59. The summed E-state index contributed by atoms with van der Waals surface area (Å²) in [4.78, 5) is 23.4. The summed E-state index contributed by atoms with van der Waals surface area (Å²) in [7, 11) is 0. The summed E-state index contributed by atoms with van der Waals surface area (Å²) in [6.07, 6.45) is 3.21. The van der Waals surface area contributed by atoms with Crippen molar-refractivity contribution < 1.29 is 4.79 Å². The Morgan fingerprint density at radius 2 is 2.05 bits per heavy atom. The van der Waals surface area contributed by atoms with E-state index in [9.17, 15) is 4.79 Å². The molecule has 3 rings (SSSR count). The lowest BCUT2D eigenvalue weighted by Gasteiger charge is -2.05. The maximum Gasteiger partial charge on any atom is 0.251 e. The summed E-state index contributed by atoms with van der Waals surface area (Å²) in [6.45, 7) is 2.40. The van der Waals surface area contributed by atoms with Gasteiger partial charge in [-0.25, -0.2) is 4.98 Å². The number of pyridine rings is 1. The van der Waals surface area contributed by atoms with E-state index >= 15 is 0 Å². The predicted octanol–water partition coefficient (Wildman–Crippen LogP) is 2.20. The van der Waals surface area contributed by atoms with Gasteiger partial charge in [0.15, 0.2) is 0 Å². The van der Waals surface area contributed by atoms with Crippen LogP contribution in [0, 0.1) is 6.92 Å². The van der Waals surface area contributed by atoms with Gasteiger partial charge < -0.3 is 10.3 Å². The molecule has 0 saturated carbocycles. The van der Waals surface area contributed by atoms with Crippen LogP contribution in [0.2, 0.25) is 0 Å². The number of carbonyl (C=O) groups is 1. The van der Waals surface area contributed by atoms with Crippen molar-refractivity contribution in [3.63, 3.8) is 0 Å². The fraction of sp³-hybridized carbons (Fsp3) is 0.133. The van der Waals surface area contributed by atoms with Crippen LogP contribution in [0.5, 0.6) is 0 Å². The third kappa shape index (κ3) is 2.51. The van der Waals surface area contributed by atoms with Crippen molar-refractivity contribution in [2.45, 2.75) is 13.5 Å². The van der Waals surface area contributed by atoms with E-state index < -0.39 is 0 Å². The number of nitrogens with zero attached hydrogens (tertiary/aromatic N) is 2. The van der Waals surface area contributed by atoms with Gasteiger partial charge in [-0.15, -0.1) is 0 Å². The van der Waals surface area contributed by atoms with Crippen LogP contribution in [0.3, 0.4) is 0 Å². The normalized spacial score (nSPS) is 10.7. The smallest absolute Gasteiger partial charge is 0.251 e. The number of rotatable bonds is 3. The molecule has 0 saturated heterocycles. The molecule has 5 nitrogen and oxygen atoms in total. The second kappa shape index (κ2) is 5.13. The van der Waals surface area contributed by atoms with Gasteiger partial charge in [-0.05, 0) is 36.8 Å². The van der Waals surface area contributed by atoms with Crippen molar-refractivity contribution in [2.75, 3.05) is 0 Å². The fourth-order valence-electron chi connectivity index (χ4n) is 2.08. The summed E-state index contributed by atoms with van der Waals surface area (Å²) in [5.41, 5.74) is 3.56. The molecular weight excluding hydrogens is 252 g/mol.